The highest BCUT2D eigenvalue weighted by atomic mass is 32.1. The Morgan fingerprint density at radius 2 is 1.67 bits per heavy atom. The van der Waals surface area contributed by atoms with Crippen LogP contribution in [0.15, 0.2) is 30.3 Å². The van der Waals surface area contributed by atoms with E-state index in [0.29, 0.717) is 10.4 Å². The Morgan fingerprint density at radius 1 is 0.963 bits per heavy atom. The monoisotopic (exact) mass is 393 g/mol. The zero-order valence-electron chi connectivity index (χ0n) is 15.3. The normalized spacial score (nSPS) is 10.7. The summed E-state index contributed by atoms with van der Waals surface area (Å²) in [5, 5.41) is 0. The number of halogens is 2. The maximum absolute atomic E-state index is 13.2. The molecule has 0 aliphatic carbocycles. The molecule has 27 heavy (non-hydrogen) atoms. The van der Waals surface area contributed by atoms with Crippen LogP contribution in [-0.4, -0.2) is 29.4 Å². The van der Waals surface area contributed by atoms with Crippen molar-refractivity contribution in [3.63, 3.8) is 0 Å². The Morgan fingerprint density at radius 3 is 2.30 bits per heavy atom. The standard InChI is InChI=1S/C20H21F2NO3S/c1-13-3-9-19(27-13)18(25)8-5-15(24)6-10-20(26)23(2)12-14-4-7-16(21)17(22)11-14/h3-4,7,9,11H,5-6,8,10,12H2,1-2H3. The van der Waals surface area contributed by atoms with Gasteiger partial charge < -0.3 is 4.90 Å². The van der Waals surface area contributed by atoms with Crippen molar-refractivity contribution in [3.05, 3.63) is 57.3 Å². The van der Waals surface area contributed by atoms with Gasteiger partial charge in [-0.25, -0.2) is 8.78 Å². The topological polar surface area (TPSA) is 54.5 Å². The summed E-state index contributed by atoms with van der Waals surface area (Å²) in [6.07, 6.45) is 0.316. The smallest absolute Gasteiger partial charge is 0.223 e. The number of aryl methyl sites for hydroxylation is 1. The number of hydrogen-bond donors (Lipinski definition) is 0. The van der Waals surface area contributed by atoms with Crippen LogP contribution in [0.4, 0.5) is 8.78 Å². The zero-order chi connectivity index (χ0) is 20.0. The Bertz CT molecular complexity index is 848. The minimum absolute atomic E-state index is 0.0192. The van der Waals surface area contributed by atoms with Gasteiger partial charge in [0.1, 0.15) is 5.78 Å². The van der Waals surface area contributed by atoms with Gasteiger partial charge >= 0.3 is 0 Å². The highest BCUT2D eigenvalue weighted by molar-refractivity contribution is 7.14. The Balaban J connectivity index is 1.74. The van der Waals surface area contributed by atoms with Crippen molar-refractivity contribution in [1.29, 1.82) is 0 Å². The van der Waals surface area contributed by atoms with E-state index in [1.165, 1.54) is 29.4 Å². The fraction of sp³-hybridized carbons (Fsp3) is 0.350. The van der Waals surface area contributed by atoms with E-state index in [1.807, 2.05) is 13.0 Å². The Kier molecular flexibility index (Phi) is 7.36. The molecule has 0 atom stereocenters. The SMILES string of the molecule is Cc1ccc(C(=O)CCC(=O)CCC(=O)N(C)Cc2ccc(F)c(F)c2)s1. The third kappa shape index (κ3) is 6.36. The predicted octanol–water partition coefficient (Wildman–Crippen LogP) is 4.31. The van der Waals surface area contributed by atoms with Gasteiger partial charge in [-0.15, -0.1) is 11.3 Å². The number of nitrogens with zero attached hydrogens (tertiary/aromatic N) is 1. The number of carbonyl (C=O) groups is 3. The molecular weight excluding hydrogens is 372 g/mol. The predicted molar refractivity (Wildman–Crippen MR) is 99.7 cm³/mol. The van der Waals surface area contributed by atoms with Gasteiger partial charge in [0, 0.05) is 44.2 Å². The molecular formula is C20H21F2NO3S. The number of Topliss-reactive ketones (excluding diaryl/α,β-unsaturated/α-hetero) is 2. The zero-order valence-corrected chi connectivity index (χ0v) is 16.1. The first kappa shape index (κ1) is 20.9. The lowest BCUT2D eigenvalue weighted by atomic mass is 10.1. The summed E-state index contributed by atoms with van der Waals surface area (Å²) in [6, 6.07) is 7.08. The van der Waals surface area contributed by atoms with Crippen molar-refractivity contribution in [2.45, 2.75) is 39.2 Å². The first-order chi connectivity index (χ1) is 12.8. The van der Waals surface area contributed by atoms with Crippen LogP contribution < -0.4 is 0 Å². The van der Waals surface area contributed by atoms with Crippen molar-refractivity contribution in [1.82, 2.24) is 4.90 Å². The largest absolute Gasteiger partial charge is 0.341 e. The number of amides is 1. The van der Waals surface area contributed by atoms with Crippen LogP contribution in [0.1, 0.15) is 45.8 Å². The molecule has 0 N–H and O–H groups in total. The molecule has 2 aromatic rings. The maximum Gasteiger partial charge on any atom is 0.223 e. The summed E-state index contributed by atoms with van der Waals surface area (Å²) in [5.74, 6) is -2.39. The van der Waals surface area contributed by atoms with Gasteiger partial charge in [0.05, 0.1) is 4.88 Å². The van der Waals surface area contributed by atoms with Gasteiger partial charge in [-0.2, -0.15) is 0 Å². The lowest BCUT2D eigenvalue weighted by molar-refractivity contribution is -0.132. The van der Waals surface area contributed by atoms with Crippen LogP contribution in [0.5, 0.6) is 0 Å². The van der Waals surface area contributed by atoms with Gasteiger partial charge in [0.15, 0.2) is 17.4 Å². The summed E-state index contributed by atoms with van der Waals surface area (Å²) >= 11 is 1.40. The molecule has 0 spiro atoms. The van der Waals surface area contributed by atoms with Crippen molar-refractivity contribution in [3.8, 4) is 0 Å². The van der Waals surface area contributed by atoms with Gasteiger partial charge in [-0.05, 0) is 36.8 Å². The van der Waals surface area contributed by atoms with Crippen LogP contribution in [0.25, 0.3) is 0 Å². The van der Waals surface area contributed by atoms with Crippen molar-refractivity contribution < 1.29 is 23.2 Å². The summed E-state index contributed by atoms with van der Waals surface area (Å²) in [7, 11) is 1.54. The summed E-state index contributed by atoms with van der Waals surface area (Å²) in [6.45, 7) is 2.04. The molecule has 0 fully saturated rings. The summed E-state index contributed by atoms with van der Waals surface area (Å²) < 4.78 is 26.1. The molecule has 0 radical (unpaired) electrons. The second-order valence-corrected chi connectivity index (χ2v) is 7.66. The summed E-state index contributed by atoms with van der Waals surface area (Å²) in [5.41, 5.74) is 0.466. The third-order valence-electron chi connectivity index (χ3n) is 4.09. The number of rotatable bonds is 9. The van der Waals surface area contributed by atoms with Gasteiger partial charge in [-0.3, -0.25) is 14.4 Å². The molecule has 0 aliphatic rings. The minimum atomic E-state index is -0.964. The van der Waals surface area contributed by atoms with Crippen LogP contribution in [0.2, 0.25) is 0 Å². The van der Waals surface area contributed by atoms with Crippen molar-refractivity contribution in [2.24, 2.45) is 0 Å². The fourth-order valence-electron chi connectivity index (χ4n) is 2.52. The Labute approximate surface area is 160 Å². The highest BCUT2D eigenvalue weighted by Crippen LogP contribution is 2.18. The maximum atomic E-state index is 13.2. The molecule has 1 aromatic heterocycles. The average Bonchev–Trinajstić information content (AvgIpc) is 3.07. The molecule has 2 rings (SSSR count). The van der Waals surface area contributed by atoms with E-state index in [1.54, 1.807) is 6.07 Å². The van der Waals surface area contributed by atoms with Gasteiger partial charge in [0.2, 0.25) is 5.91 Å². The molecule has 1 heterocycles. The van der Waals surface area contributed by atoms with E-state index in [0.717, 1.165) is 17.0 Å². The molecule has 0 bridgehead atoms. The van der Waals surface area contributed by atoms with E-state index in [2.05, 4.69) is 0 Å². The minimum Gasteiger partial charge on any atom is -0.341 e. The molecule has 0 aliphatic heterocycles. The summed E-state index contributed by atoms with van der Waals surface area (Å²) in [4.78, 5) is 39.1. The van der Waals surface area contributed by atoms with Gasteiger partial charge in [-0.1, -0.05) is 6.07 Å². The molecule has 0 saturated heterocycles. The number of carbonyl (C=O) groups excluding carboxylic acids is 3. The first-order valence-corrected chi connectivity index (χ1v) is 9.37. The van der Waals surface area contributed by atoms with Crippen LogP contribution >= 0.6 is 11.3 Å². The van der Waals surface area contributed by atoms with Crippen LogP contribution in [-0.2, 0) is 16.1 Å². The van der Waals surface area contributed by atoms with Crippen LogP contribution in [0.3, 0.4) is 0 Å². The third-order valence-corrected chi connectivity index (χ3v) is 5.14. The van der Waals surface area contributed by atoms with E-state index < -0.39 is 11.6 Å². The number of hydrogen-bond acceptors (Lipinski definition) is 4. The van der Waals surface area contributed by atoms with Crippen molar-refractivity contribution in [2.75, 3.05) is 7.05 Å². The van der Waals surface area contributed by atoms with E-state index in [4.69, 9.17) is 0 Å². The number of benzene rings is 1. The molecule has 4 nitrogen and oxygen atoms in total. The second kappa shape index (κ2) is 9.50. The number of thiophene rings is 1. The van der Waals surface area contributed by atoms with E-state index in [9.17, 15) is 23.2 Å². The van der Waals surface area contributed by atoms with Crippen LogP contribution in [0, 0.1) is 18.6 Å². The second-order valence-electron chi connectivity index (χ2n) is 6.37. The molecule has 1 aromatic carbocycles. The molecule has 1 amide bonds. The Hall–Kier alpha value is -2.41. The van der Waals surface area contributed by atoms with E-state index in [-0.39, 0.29) is 49.7 Å². The van der Waals surface area contributed by atoms with Gasteiger partial charge in [0.25, 0.3) is 0 Å². The molecule has 7 heteroatoms. The van der Waals surface area contributed by atoms with Crippen molar-refractivity contribution >= 4 is 28.8 Å². The number of ketones is 2. The molecule has 0 saturated carbocycles. The lowest BCUT2D eigenvalue weighted by Gasteiger charge is -2.17. The lowest BCUT2D eigenvalue weighted by Crippen LogP contribution is -2.26. The first-order valence-electron chi connectivity index (χ1n) is 8.55. The highest BCUT2D eigenvalue weighted by Gasteiger charge is 2.15. The fourth-order valence-corrected chi connectivity index (χ4v) is 3.36. The molecule has 144 valence electrons. The van der Waals surface area contributed by atoms with E-state index >= 15 is 0 Å². The molecule has 0 unspecified atom stereocenters. The quantitative estimate of drug-likeness (QED) is 0.597. The average molecular weight is 393 g/mol.